The fourth-order valence-corrected chi connectivity index (χ4v) is 4.65. The topological polar surface area (TPSA) is 48.5 Å². The van der Waals surface area contributed by atoms with Gasteiger partial charge in [-0.25, -0.2) is 0 Å². The third-order valence-corrected chi connectivity index (χ3v) is 6.49. The molecule has 0 radical (unpaired) electrons. The van der Waals surface area contributed by atoms with E-state index in [2.05, 4.69) is 22.0 Å². The Morgan fingerprint density at radius 2 is 1.96 bits per heavy atom. The standard InChI is InChI=1S/C22H29ClN4O/c1-2-26-11-13-27(14-12-26)10-4-9-24-22(28)16-7-8-18-20(15-16)25-19-6-3-5-17(19)21(18)23/h7-8,15H,2-6,9-14H2,1H3,(H,24,28). The Morgan fingerprint density at radius 3 is 2.75 bits per heavy atom. The van der Waals surface area contributed by atoms with E-state index in [-0.39, 0.29) is 5.91 Å². The third kappa shape index (κ3) is 4.17. The minimum Gasteiger partial charge on any atom is -0.352 e. The van der Waals surface area contributed by atoms with Crippen LogP contribution in [0.2, 0.25) is 5.02 Å². The summed E-state index contributed by atoms with van der Waals surface area (Å²) in [6, 6.07) is 5.67. The van der Waals surface area contributed by atoms with Crippen LogP contribution in [0.4, 0.5) is 0 Å². The van der Waals surface area contributed by atoms with Crippen LogP contribution in [0.25, 0.3) is 10.9 Å². The average Bonchev–Trinajstić information content (AvgIpc) is 3.20. The van der Waals surface area contributed by atoms with Gasteiger partial charge in [0.25, 0.3) is 5.91 Å². The first-order valence-electron chi connectivity index (χ1n) is 10.5. The van der Waals surface area contributed by atoms with Gasteiger partial charge in [0.05, 0.1) is 10.5 Å². The van der Waals surface area contributed by atoms with Crippen molar-refractivity contribution in [2.75, 3.05) is 45.8 Å². The number of fused-ring (bicyclic) bond motifs is 2. The van der Waals surface area contributed by atoms with Crippen molar-refractivity contribution in [3.63, 3.8) is 0 Å². The molecule has 0 spiro atoms. The SMILES string of the molecule is CCN1CCN(CCCNC(=O)c2ccc3c(Cl)c4c(nc3c2)CCC4)CC1. The summed E-state index contributed by atoms with van der Waals surface area (Å²) >= 11 is 6.57. The lowest BCUT2D eigenvalue weighted by molar-refractivity contribution is 0.0948. The van der Waals surface area contributed by atoms with Gasteiger partial charge < -0.3 is 15.1 Å². The van der Waals surface area contributed by atoms with Crippen LogP contribution in [0.5, 0.6) is 0 Å². The van der Waals surface area contributed by atoms with E-state index in [9.17, 15) is 4.79 Å². The lowest BCUT2D eigenvalue weighted by Gasteiger charge is -2.33. The van der Waals surface area contributed by atoms with Crippen molar-refractivity contribution in [2.45, 2.75) is 32.6 Å². The normalized spacial score (nSPS) is 17.8. The molecule has 2 aromatic rings. The fraction of sp³-hybridized carbons (Fsp3) is 0.545. The molecule has 1 N–H and O–H groups in total. The van der Waals surface area contributed by atoms with Gasteiger partial charge in [-0.05, 0) is 56.5 Å². The zero-order valence-electron chi connectivity index (χ0n) is 16.6. The van der Waals surface area contributed by atoms with Gasteiger partial charge >= 0.3 is 0 Å². The van der Waals surface area contributed by atoms with E-state index in [4.69, 9.17) is 16.6 Å². The number of carbonyl (C=O) groups is 1. The Morgan fingerprint density at radius 1 is 1.18 bits per heavy atom. The molecule has 0 unspecified atom stereocenters. The predicted octanol–water partition coefficient (Wildman–Crippen LogP) is 3.13. The second-order valence-electron chi connectivity index (χ2n) is 7.82. The lowest BCUT2D eigenvalue weighted by Crippen LogP contribution is -2.46. The van der Waals surface area contributed by atoms with Crippen LogP contribution in [0.3, 0.4) is 0 Å². The number of likely N-dealkylation sites (N-methyl/N-ethyl adjacent to an activating group) is 1. The summed E-state index contributed by atoms with van der Waals surface area (Å²) in [5.74, 6) is -0.0314. The van der Waals surface area contributed by atoms with Crippen LogP contribution in [0.1, 0.15) is 41.4 Å². The number of hydrogen-bond donors (Lipinski definition) is 1. The smallest absolute Gasteiger partial charge is 0.251 e. The Kier molecular flexibility index (Phi) is 6.14. The molecule has 0 bridgehead atoms. The average molecular weight is 401 g/mol. The van der Waals surface area contributed by atoms with Crippen LogP contribution in [-0.4, -0.2) is 66.5 Å². The fourth-order valence-electron chi connectivity index (χ4n) is 4.28. The van der Waals surface area contributed by atoms with Gasteiger partial charge in [-0.2, -0.15) is 0 Å². The van der Waals surface area contributed by atoms with Crippen LogP contribution in [0.15, 0.2) is 18.2 Å². The first-order chi connectivity index (χ1) is 13.7. The zero-order valence-corrected chi connectivity index (χ0v) is 17.4. The van der Waals surface area contributed by atoms with E-state index in [1.165, 1.54) is 5.56 Å². The van der Waals surface area contributed by atoms with Crippen molar-refractivity contribution in [3.05, 3.63) is 40.0 Å². The highest BCUT2D eigenvalue weighted by Gasteiger charge is 2.19. The number of halogens is 1. The van der Waals surface area contributed by atoms with Crippen LogP contribution in [0, 0.1) is 0 Å². The Bertz CT molecular complexity index is 861. The lowest BCUT2D eigenvalue weighted by atomic mass is 10.1. The molecule has 4 rings (SSSR count). The highest BCUT2D eigenvalue weighted by Crippen LogP contribution is 2.33. The van der Waals surface area contributed by atoms with E-state index >= 15 is 0 Å². The number of benzene rings is 1. The molecule has 0 saturated carbocycles. The summed E-state index contributed by atoms with van der Waals surface area (Å²) in [5, 5.41) is 4.82. The molecule has 1 saturated heterocycles. The molecule has 1 fully saturated rings. The predicted molar refractivity (Wildman–Crippen MR) is 114 cm³/mol. The number of amides is 1. The molecule has 0 atom stereocenters. The molecular formula is C22H29ClN4O. The molecule has 150 valence electrons. The van der Waals surface area contributed by atoms with Gasteiger partial charge in [0, 0.05) is 49.4 Å². The van der Waals surface area contributed by atoms with Crippen LogP contribution in [-0.2, 0) is 12.8 Å². The number of piperazine rings is 1. The number of aryl methyl sites for hydroxylation is 1. The third-order valence-electron chi connectivity index (χ3n) is 6.05. The summed E-state index contributed by atoms with van der Waals surface area (Å²) in [5.41, 5.74) is 3.77. The molecule has 1 amide bonds. The minimum absolute atomic E-state index is 0.0314. The molecule has 1 aliphatic carbocycles. The van der Waals surface area contributed by atoms with Gasteiger partial charge in [0.1, 0.15) is 0 Å². The maximum absolute atomic E-state index is 12.5. The monoisotopic (exact) mass is 400 g/mol. The summed E-state index contributed by atoms with van der Waals surface area (Å²) in [6.07, 6.45) is 4.07. The largest absolute Gasteiger partial charge is 0.352 e. The summed E-state index contributed by atoms with van der Waals surface area (Å²) in [4.78, 5) is 22.3. The first kappa shape index (κ1) is 19.6. The summed E-state index contributed by atoms with van der Waals surface area (Å²) in [7, 11) is 0. The highest BCUT2D eigenvalue weighted by atomic mass is 35.5. The molecule has 6 heteroatoms. The van der Waals surface area contributed by atoms with Gasteiger partial charge in [-0.1, -0.05) is 24.6 Å². The van der Waals surface area contributed by atoms with Crippen molar-refractivity contribution >= 4 is 28.4 Å². The molecule has 28 heavy (non-hydrogen) atoms. The molecule has 1 aromatic heterocycles. The quantitative estimate of drug-likeness (QED) is 0.757. The molecule has 1 aromatic carbocycles. The second-order valence-corrected chi connectivity index (χ2v) is 8.20. The number of carbonyl (C=O) groups excluding carboxylic acids is 1. The number of rotatable bonds is 6. The van der Waals surface area contributed by atoms with Gasteiger partial charge in [-0.3, -0.25) is 9.78 Å². The summed E-state index contributed by atoms with van der Waals surface area (Å²) in [6.45, 7) is 9.65. The number of nitrogens with one attached hydrogen (secondary N) is 1. The van der Waals surface area contributed by atoms with Crippen molar-refractivity contribution in [1.29, 1.82) is 0 Å². The van der Waals surface area contributed by atoms with E-state index in [0.717, 1.165) is 86.6 Å². The first-order valence-corrected chi connectivity index (χ1v) is 10.9. The van der Waals surface area contributed by atoms with Crippen molar-refractivity contribution in [1.82, 2.24) is 20.1 Å². The van der Waals surface area contributed by atoms with E-state index in [0.29, 0.717) is 12.1 Å². The number of hydrogen-bond acceptors (Lipinski definition) is 4. The van der Waals surface area contributed by atoms with Crippen molar-refractivity contribution in [3.8, 4) is 0 Å². The molecule has 2 aliphatic rings. The van der Waals surface area contributed by atoms with Crippen LogP contribution >= 0.6 is 11.6 Å². The Balaban J connectivity index is 1.31. The minimum atomic E-state index is -0.0314. The molecule has 1 aliphatic heterocycles. The van der Waals surface area contributed by atoms with E-state index in [1.807, 2.05) is 18.2 Å². The Labute approximate surface area is 172 Å². The summed E-state index contributed by atoms with van der Waals surface area (Å²) < 4.78 is 0. The van der Waals surface area contributed by atoms with E-state index in [1.54, 1.807) is 0 Å². The molecule has 5 nitrogen and oxygen atoms in total. The Hall–Kier alpha value is -1.69. The maximum Gasteiger partial charge on any atom is 0.251 e. The number of nitrogens with zero attached hydrogens (tertiary/aromatic N) is 3. The molecule has 2 heterocycles. The van der Waals surface area contributed by atoms with Crippen molar-refractivity contribution < 1.29 is 4.79 Å². The maximum atomic E-state index is 12.5. The number of aromatic nitrogens is 1. The zero-order chi connectivity index (χ0) is 19.5. The van der Waals surface area contributed by atoms with Crippen molar-refractivity contribution in [2.24, 2.45) is 0 Å². The van der Waals surface area contributed by atoms with Crippen LogP contribution < -0.4 is 5.32 Å². The van der Waals surface area contributed by atoms with Gasteiger partial charge in [-0.15, -0.1) is 0 Å². The second kappa shape index (κ2) is 8.76. The number of pyridine rings is 1. The van der Waals surface area contributed by atoms with Gasteiger partial charge in [0.15, 0.2) is 0 Å². The van der Waals surface area contributed by atoms with Gasteiger partial charge in [0.2, 0.25) is 0 Å². The van der Waals surface area contributed by atoms with E-state index < -0.39 is 0 Å². The molecular weight excluding hydrogens is 372 g/mol. The highest BCUT2D eigenvalue weighted by molar-refractivity contribution is 6.36.